The molecule has 0 bridgehead atoms. The van der Waals surface area contributed by atoms with Gasteiger partial charge in [0.05, 0.1) is 22.3 Å². The number of carbonyl (C=O) groups is 2. The van der Waals surface area contributed by atoms with E-state index in [9.17, 15) is 14.0 Å². The third kappa shape index (κ3) is 1.48. The number of nitrogens with one attached hydrogen (secondary N) is 1. The summed E-state index contributed by atoms with van der Waals surface area (Å²) in [6.07, 6.45) is 1.58. The molecular weight excluding hydrogens is 271 g/mol. The van der Waals surface area contributed by atoms with Crippen molar-refractivity contribution in [3.05, 3.63) is 65.6 Å². The van der Waals surface area contributed by atoms with E-state index >= 15 is 0 Å². The highest BCUT2D eigenvalue weighted by Crippen LogP contribution is 2.33. The van der Waals surface area contributed by atoms with E-state index in [2.05, 4.69) is 4.98 Å². The number of H-pyrrole nitrogens is 1. The second-order valence-electron chi connectivity index (χ2n) is 4.82. The lowest BCUT2D eigenvalue weighted by molar-refractivity contribution is 0.0926. The van der Waals surface area contributed by atoms with Crippen molar-refractivity contribution >= 4 is 28.4 Å². The molecule has 1 aliphatic rings. The average Bonchev–Trinajstić information content (AvgIpc) is 3.07. The molecule has 0 spiro atoms. The van der Waals surface area contributed by atoms with Gasteiger partial charge in [-0.25, -0.2) is 9.29 Å². The lowest BCUT2D eigenvalue weighted by Gasteiger charge is -2.15. The Bertz CT molecular complexity index is 879. The molecule has 1 aliphatic heterocycles. The highest BCUT2D eigenvalue weighted by molar-refractivity contribution is 6.35. The Hall–Kier alpha value is -2.95. The summed E-state index contributed by atoms with van der Waals surface area (Å²) in [5.41, 5.74) is 1.53. The van der Waals surface area contributed by atoms with E-state index in [-0.39, 0.29) is 0 Å². The van der Waals surface area contributed by atoms with Crippen LogP contribution in [0.25, 0.3) is 10.9 Å². The lowest BCUT2D eigenvalue weighted by atomic mass is 10.1. The molecule has 2 amide bonds. The molecule has 2 aromatic carbocycles. The molecule has 2 heterocycles. The number of benzene rings is 2. The van der Waals surface area contributed by atoms with Crippen LogP contribution in [0.2, 0.25) is 0 Å². The summed E-state index contributed by atoms with van der Waals surface area (Å²) in [5, 5.41) is 0.351. The maximum Gasteiger partial charge on any atom is 0.266 e. The predicted molar refractivity (Wildman–Crippen MR) is 75.8 cm³/mol. The maximum atomic E-state index is 13.7. The van der Waals surface area contributed by atoms with Crippen LogP contribution in [0, 0.1) is 5.82 Å². The number of aromatic amines is 1. The Morgan fingerprint density at radius 1 is 0.905 bits per heavy atom. The zero-order valence-corrected chi connectivity index (χ0v) is 10.8. The largest absolute Gasteiger partial charge is 0.359 e. The molecule has 5 heteroatoms. The minimum absolute atomic E-state index is 0.351. The van der Waals surface area contributed by atoms with Gasteiger partial charge in [-0.1, -0.05) is 12.1 Å². The molecule has 102 valence electrons. The van der Waals surface area contributed by atoms with Crippen molar-refractivity contribution in [2.24, 2.45) is 0 Å². The van der Waals surface area contributed by atoms with E-state index in [1.165, 1.54) is 12.1 Å². The number of fused-ring (bicyclic) bond motifs is 2. The number of hydrogen-bond acceptors (Lipinski definition) is 2. The zero-order valence-electron chi connectivity index (χ0n) is 10.8. The van der Waals surface area contributed by atoms with Gasteiger partial charge in [-0.2, -0.15) is 0 Å². The molecule has 1 N–H and O–H groups in total. The van der Waals surface area contributed by atoms with E-state index in [1.54, 1.807) is 36.5 Å². The molecule has 1 aromatic heterocycles. The van der Waals surface area contributed by atoms with Crippen molar-refractivity contribution in [2.75, 3.05) is 4.90 Å². The predicted octanol–water partition coefficient (Wildman–Crippen LogP) is 3.11. The highest BCUT2D eigenvalue weighted by Gasteiger charge is 2.37. The van der Waals surface area contributed by atoms with Gasteiger partial charge in [0.15, 0.2) is 0 Å². The number of anilines is 1. The molecular formula is C16H9FN2O2. The minimum Gasteiger partial charge on any atom is -0.359 e. The van der Waals surface area contributed by atoms with Gasteiger partial charge in [-0.05, 0) is 30.3 Å². The maximum absolute atomic E-state index is 13.7. The van der Waals surface area contributed by atoms with Gasteiger partial charge in [-0.15, -0.1) is 0 Å². The van der Waals surface area contributed by atoms with Gasteiger partial charge in [0.1, 0.15) is 5.82 Å². The van der Waals surface area contributed by atoms with Crippen molar-refractivity contribution in [2.45, 2.75) is 0 Å². The number of nitrogens with zero attached hydrogens (tertiary/aromatic N) is 1. The van der Waals surface area contributed by atoms with Crippen molar-refractivity contribution in [1.82, 2.24) is 4.98 Å². The van der Waals surface area contributed by atoms with Crippen LogP contribution in [0.15, 0.2) is 48.7 Å². The first-order valence-electron chi connectivity index (χ1n) is 6.42. The first-order valence-corrected chi connectivity index (χ1v) is 6.42. The van der Waals surface area contributed by atoms with Crippen molar-refractivity contribution in [3.63, 3.8) is 0 Å². The van der Waals surface area contributed by atoms with Gasteiger partial charge < -0.3 is 4.98 Å². The summed E-state index contributed by atoms with van der Waals surface area (Å²) in [5.74, 6) is -1.18. The van der Waals surface area contributed by atoms with Crippen LogP contribution in [-0.4, -0.2) is 16.8 Å². The molecule has 4 nitrogen and oxygen atoms in total. The molecule has 0 atom stereocenters. The summed E-state index contributed by atoms with van der Waals surface area (Å²) in [6, 6.07) is 10.9. The third-order valence-corrected chi connectivity index (χ3v) is 3.68. The van der Waals surface area contributed by atoms with E-state index in [0.29, 0.717) is 27.7 Å². The third-order valence-electron chi connectivity index (χ3n) is 3.68. The number of rotatable bonds is 1. The Kier molecular flexibility index (Phi) is 2.27. The fourth-order valence-electron chi connectivity index (χ4n) is 2.70. The summed E-state index contributed by atoms with van der Waals surface area (Å²) in [6.45, 7) is 0. The summed E-state index contributed by atoms with van der Waals surface area (Å²) < 4.78 is 13.7. The van der Waals surface area contributed by atoms with Crippen LogP contribution in [0.5, 0.6) is 0 Å². The quantitative estimate of drug-likeness (QED) is 0.696. The first-order chi connectivity index (χ1) is 10.2. The molecule has 21 heavy (non-hydrogen) atoms. The molecule has 0 radical (unpaired) electrons. The molecule has 0 aliphatic carbocycles. The summed E-state index contributed by atoms with van der Waals surface area (Å²) in [7, 11) is 0. The van der Waals surface area contributed by atoms with E-state index in [1.807, 2.05) is 0 Å². The second-order valence-corrected chi connectivity index (χ2v) is 4.82. The molecule has 0 saturated carbocycles. The van der Waals surface area contributed by atoms with Crippen molar-refractivity contribution in [3.8, 4) is 0 Å². The Morgan fingerprint density at radius 3 is 2.24 bits per heavy atom. The van der Waals surface area contributed by atoms with Crippen LogP contribution in [0.3, 0.4) is 0 Å². The number of amides is 2. The average molecular weight is 280 g/mol. The zero-order chi connectivity index (χ0) is 14.6. The van der Waals surface area contributed by atoms with Crippen LogP contribution < -0.4 is 4.90 Å². The number of carbonyl (C=O) groups excluding carboxylic acids is 2. The smallest absolute Gasteiger partial charge is 0.266 e. The van der Waals surface area contributed by atoms with E-state index in [0.717, 1.165) is 4.90 Å². The lowest BCUT2D eigenvalue weighted by Crippen LogP contribution is -2.29. The van der Waals surface area contributed by atoms with Gasteiger partial charge in [0.25, 0.3) is 11.8 Å². The number of halogens is 1. The number of imide groups is 1. The van der Waals surface area contributed by atoms with E-state index in [4.69, 9.17) is 0 Å². The minimum atomic E-state index is -0.397. The van der Waals surface area contributed by atoms with Crippen LogP contribution in [-0.2, 0) is 0 Å². The first kappa shape index (κ1) is 11.8. The number of aromatic nitrogens is 1. The van der Waals surface area contributed by atoms with Gasteiger partial charge >= 0.3 is 0 Å². The van der Waals surface area contributed by atoms with Gasteiger partial charge in [0.2, 0.25) is 0 Å². The fourth-order valence-corrected chi connectivity index (χ4v) is 2.70. The second kappa shape index (κ2) is 4.02. The Morgan fingerprint density at radius 2 is 1.57 bits per heavy atom. The van der Waals surface area contributed by atoms with Crippen molar-refractivity contribution < 1.29 is 14.0 Å². The molecule has 0 unspecified atom stereocenters. The van der Waals surface area contributed by atoms with Gasteiger partial charge in [0, 0.05) is 11.6 Å². The topological polar surface area (TPSA) is 53.2 Å². The molecule has 3 aromatic rings. The highest BCUT2D eigenvalue weighted by atomic mass is 19.1. The summed E-state index contributed by atoms with van der Waals surface area (Å²) in [4.78, 5) is 28.9. The summed E-state index contributed by atoms with van der Waals surface area (Å²) >= 11 is 0. The normalized spacial score (nSPS) is 14.0. The molecule has 0 saturated heterocycles. The van der Waals surface area contributed by atoms with Crippen LogP contribution in [0.1, 0.15) is 20.7 Å². The monoisotopic (exact) mass is 280 g/mol. The SMILES string of the molecule is O=C1c2ccccc2C(=O)N1c1ccc(F)c2cc[nH]c12. The Labute approximate surface area is 118 Å². The van der Waals surface area contributed by atoms with Crippen LogP contribution >= 0.6 is 0 Å². The Balaban J connectivity index is 1.95. The molecule has 4 rings (SSSR count). The molecule has 0 fully saturated rings. The van der Waals surface area contributed by atoms with Crippen molar-refractivity contribution in [1.29, 1.82) is 0 Å². The fraction of sp³-hybridized carbons (Fsp3) is 0. The standard InChI is InChI=1S/C16H9FN2O2/c17-12-5-6-13(14-11(12)7-8-18-14)19-15(20)9-3-1-2-4-10(9)16(19)21/h1-8,18H. The van der Waals surface area contributed by atoms with Crippen LogP contribution in [0.4, 0.5) is 10.1 Å². The number of hydrogen-bond donors (Lipinski definition) is 1. The van der Waals surface area contributed by atoms with E-state index < -0.39 is 17.6 Å². The van der Waals surface area contributed by atoms with Gasteiger partial charge in [-0.3, -0.25) is 9.59 Å².